The zero-order valence-corrected chi connectivity index (χ0v) is 29.9. The number of nitrogens with two attached hydrogens (primary N) is 1. The van der Waals surface area contributed by atoms with Gasteiger partial charge in [0.15, 0.2) is 0 Å². The molecule has 2 saturated carbocycles. The maximum atomic E-state index is 14.4. The molecule has 2 aliphatic carbocycles. The smallest absolute Gasteiger partial charge is 0.410 e. The van der Waals surface area contributed by atoms with Crippen LogP contribution in [0.3, 0.4) is 0 Å². The predicted octanol–water partition coefficient (Wildman–Crippen LogP) is 0.679. The van der Waals surface area contributed by atoms with Gasteiger partial charge in [-0.2, -0.15) is 0 Å². The molecule has 0 aromatic heterocycles. The lowest BCUT2D eigenvalue weighted by Gasteiger charge is -2.36. The molecule has 3 aliphatic heterocycles. The number of hydrogen-bond donors (Lipinski definition) is 4. The maximum Gasteiger partial charge on any atom is 0.410 e. The van der Waals surface area contributed by atoms with Crippen molar-refractivity contribution < 1.29 is 41.9 Å². The number of amides is 5. The van der Waals surface area contributed by atoms with Crippen molar-refractivity contribution in [3.63, 3.8) is 0 Å². The van der Waals surface area contributed by atoms with Crippen molar-refractivity contribution in [1.82, 2.24) is 25.2 Å². The second kappa shape index (κ2) is 13.7. The normalized spacial score (nSPS) is 30.7. The molecule has 1 aromatic rings. The van der Waals surface area contributed by atoms with E-state index >= 15 is 0 Å². The van der Waals surface area contributed by atoms with E-state index < -0.39 is 86.1 Å². The Kier molecular flexibility index (Phi) is 9.80. The Bertz CT molecular complexity index is 1770. The van der Waals surface area contributed by atoms with Gasteiger partial charge in [-0.1, -0.05) is 57.2 Å². The first-order valence-corrected chi connectivity index (χ1v) is 18.8. The molecule has 0 spiro atoms. The van der Waals surface area contributed by atoms with E-state index in [1.807, 2.05) is 24.3 Å². The largest absolute Gasteiger partial charge is 0.444 e. The van der Waals surface area contributed by atoms with Gasteiger partial charge in [-0.25, -0.2) is 13.2 Å². The molecule has 5 amide bonds. The molecule has 0 radical (unpaired) electrons. The van der Waals surface area contributed by atoms with Crippen LogP contribution in [-0.2, 0) is 51.8 Å². The van der Waals surface area contributed by atoms with Crippen LogP contribution in [-0.4, -0.2) is 103 Å². The highest BCUT2D eigenvalue weighted by atomic mass is 32.2. The molecule has 5 N–H and O–H groups in total. The third-order valence-electron chi connectivity index (χ3n) is 10.2. The Labute approximate surface area is 297 Å². The first-order chi connectivity index (χ1) is 24.0. The van der Waals surface area contributed by atoms with Gasteiger partial charge < -0.3 is 30.7 Å². The molecule has 51 heavy (non-hydrogen) atoms. The zero-order chi connectivity index (χ0) is 36.9. The minimum Gasteiger partial charge on any atom is -0.444 e. The van der Waals surface area contributed by atoms with Crippen LogP contribution >= 0.6 is 0 Å². The summed E-state index contributed by atoms with van der Waals surface area (Å²) in [5, 5.41) is 4.81. The molecule has 6 atom stereocenters. The molecule has 6 rings (SSSR count). The number of carbonyl (C=O) groups is 5. The average molecular weight is 727 g/mol. The van der Waals surface area contributed by atoms with Crippen LogP contribution in [0.2, 0.25) is 0 Å². The molecule has 4 bridgehead atoms. The second-order valence-corrected chi connectivity index (χ2v) is 17.1. The quantitative estimate of drug-likeness (QED) is 0.302. The van der Waals surface area contributed by atoms with Crippen LogP contribution < -0.4 is 21.1 Å². The SMILES string of the molecule is C=C[C@@H]1C[C@]1(NC(=O)[C@@H]1C[C@@H]2CN1C(=O)[C@H](C(C)(C)C)NC(=O)[C@H](N)COC/C=C/c1cccc3c1CN(C3)C(=O)O2)C(=O)NS(=O)(=O)C1CC1. The topological polar surface area (TPSA) is 207 Å². The molecule has 15 nitrogen and oxygen atoms in total. The Morgan fingerprint density at radius 1 is 1.16 bits per heavy atom. The van der Waals surface area contributed by atoms with E-state index in [4.69, 9.17) is 15.2 Å². The summed E-state index contributed by atoms with van der Waals surface area (Å²) in [6.07, 6.45) is 4.50. The number of nitrogens with one attached hydrogen (secondary N) is 3. The van der Waals surface area contributed by atoms with Gasteiger partial charge in [0, 0.05) is 18.9 Å². The summed E-state index contributed by atoms with van der Waals surface area (Å²) in [6.45, 7) is 9.46. The summed E-state index contributed by atoms with van der Waals surface area (Å²) in [5.41, 5.74) is 6.51. The summed E-state index contributed by atoms with van der Waals surface area (Å²) in [6, 6.07) is 2.25. The Morgan fingerprint density at radius 3 is 2.57 bits per heavy atom. The monoisotopic (exact) mass is 726 g/mol. The number of hydrogen-bond acceptors (Lipinski definition) is 10. The molecular weight excluding hydrogens is 680 g/mol. The molecule has 0 unspecified atom stereocenters. The van der Waals surface area contributed by atoms with Crippen LogP contribution in [0.15, 0.2) is 36.9 Å². The summed E-state index contributed by atoms with van der Waals surface area (Å²) < 4.78 is 39.0. The fourth-order valence-corrected chi connectivity index (χ4v) is 8.29. The second-order valence-electron chi connectivity index (χ2n) is 15.1. The fourth-order valence-electron chi connectivity index (χ4n) is 6.92. The first kappa shape index (κ1) is 36.5. The maximum absolute atomic E-state index is 14.4. The standard InChI is InChI=1S/C35H46N6O9S/c1-5-22-15-35(22,32(45)39-51(47,48)24-11-12-24)38-30(43)27-14-23-17-41(27)31(44)28(34(2,3)4)37-29(42)26(36)19-49-13-7-10-20-8-6-9-21-16-40(18-25(20)21)33(46)50-23/h5-10,22-24,26-28H,1,11-19,36H2,2-4H3,(H,37,42)(H,38,43)(H,39,45)/b10-7+/t22-,23-,26-,27+,28-,35-/m1/s1. The van der Waals surface area contributed by atoms with Gasteiger partial charge >= 0.3 is 6.09 Å². The lowest BCUT2D eigenvalue weighted by atomic mass is 9.85. The molecule has 16 heteroatoms. The van der Waals surface area contributed by atoms with Crippen molar-refractivity contribution in [2.45, 2.75) is 94.6 Å². The number of carbonyl (C=O) groups excluding carboxylic acids is 5. The van der Waals surface area contributed by atoms with Crippen molar-refractivity contribution >= 4 is 45.8 Å². The van der Waals surface area contributed by atoms with Crippen molar-refractivity contribution in [3.05, 3.63) is 53.6 Å². The number of benzene rings is 1. The third-order valence-corrected chi connectivity index (χ3v) is 12.0. The highest BCUT2D eigenvalue weighted by Crippen LogP contribution is 2.45. The lowest BCUT2D eigenvalue weighted by Crippen LogP contribution is -2.61. The summed E-state index contributed by atoms with van der Waals surface area (Å²) in [4.78, 5) is 71.6. The van der Waals surface area contributed by atoms with E-state index in [1.54, 1.807) is 31.7 Å². The Morgan fingerprint density at radius 2 is 1.90 bits per heavy atom. The summed E-state index contributed by atoms with van der Waals surface area (Å²) >= 11 is 0. The number of nitrogens with zero attached hydrogens (tertiary/aromatic N) is 2. The number of rotatable bonds is 6. The van der Waals surface area contributed by atoms with Crippen molar-refractivity contribution in [2.24, 2.45) is 17.1 Å². The van der Waals surface area contributed by atoms with Gasteiger partial charge in [0.05, 0.1) is 31.6 Å². The predicted molar refractivity (Wildman–Crippen MR) is 185 cm³/mol. The van der Waals surface area contributed by atoms with Crippen LogP contribution in [0.5, 0.6) is 0 Å². The van der Waals surface area contributed by atoms with Crippen LogP contribution in [0.25, 0.3) is 6.08 Å². The van der Waals surface area contributed by atoms with E-state index in [0.717, 1.165) is 16.7 Å². The minimum absolute atomic E-state index is 0.104. The highest BCUT2D eigenvalue weighted by Gasteiger charge is 2.62. The van der Waals surface area contributed by atoms with Crippen molar-refractivity contribution in [2.75, 3.05) is 19.8 Å². The van der Waals surface area contributed by atoms with Gasteiger partial charge in [0.25, 0.3) is 5.91 Å². The Hall–Kier alpha value is -4.28. The summed E-state index contributed by atoms with van der Waals surface area (Å²) in [5.74, 6) is -3.41. The van der Waals surface area contributed by atoms with Crippen LogP contribution in [0.1, 0.15) is 63.1 Å². The van der Waals surface area contributed by atoms with Crippen molar-refractivity contribution in [1.29, 1.82) is 0 Å². The van der Waals surface area contributed by atoms with E-state index in [0.29, 0.717) is 19.4 Å². The first-order valence-electron chi connectivity index (χ1n) is 17.2. The lowest BCUT2D eigenvalue weighted by molar-refractivity contribution is -0.145. The molecule has 1 saturated heterocycles. The number of fused-ring (bicyclic) bond motifs is 3. The zero-order valence-electron chi connectivity index (χ0n) is 29.1. The van der Waals surface area contributed by atoms with Gasteiger partial charge in [0.1, 0.15) is 29.8 Å². The fraction of sp³-hybridized carbons (Fsp3) is 0.571. The Balaban J connectivity index is 1.29. The van der Waals surface area contributed by atoms with Gasteiger partial charge in [-0.3, -0.25) is 28.8 Å². The molecule has 276 valence electrons. The highest BCUT2D eigenvalue weighted by molar-refractivity contribution is 7.91. The van der Waals surface area contributed by atoms with E-state index in [1.165, 1.54) is 11.0 Å². The van der Waals surface area contributed by atoms with Gasteiger partial charge in [0.2, 0.25) is 27.7 Å². The van der Waals surface area contributed by atoms with E-state index in [-0.39, 0.29) is 39.1 Å². The molecule has 1 aromatic carbocycles. The van der Waals surface area contributed by atoms with E-state index in [2.05, 4.69) is 21.9 Å². The number of sulfonamides is 1. The molecule has 3 heterocycles. The van der Waals surface area contributed by atoms with Crippen LogP contribution in [0, 0.1) is 11.3 Å². The van der Waals surface area contributed by atoms with Gasteiger partial charge in [-0.05, 0) is 41.4 Å². The molecule has 3 fully saturated rings. The van der Waals surface area contributed by atoms with Crippen molar-refractivity contribution in [3.8, 4) is 0 Å². The minimum atomic E-state index is -3.92. The average Bonchev–Trinajstić information content (AvgIpc) is 3.96. The van der Waals surface area contributed by atoms with E-state index in [9.17, 15) is 32.4 Å². The summed E-state index contributed by atoms with van der Waals surface area (Å²) in [7, 11) is -3.92. The van der Waals surface area contributed by atoms with Crippen LogP contribution in [0.4, 0.5) is 4.79 Å². The third kappa shape index (κ3) is 7.53. The molecule has 5 aliphatic rings. The molecular formula is C35H46N6O9S. The number of ether oxygens (including phenoxy) is 2. The van der Waals surface area contributed by atoms with Gasteiger partial charge in [-0.15, -0.1) is 6.58 Å².